The van der Waals surface area contributed by atoms with Crippen molar-refractivity contribution in [3.63, 3.8) is 0 Å². The smallest absolute Gasteiger partial charge is 0.250 e. The van der Waals surface area contributed by atoms with Gasteiger partial charge in [0.05, 0.1) is 0 Å². The van der Waals surface area contributed by atoms with Crippen LogP contribution in [0.4, 0.5) is 13.2 Å². The van der Waals surface area contributed by atoms with Crippen LogP contribution in [0.15, 0.2) is 11.1 Å². The van der Waals surface area contributed by atoms with Gasteiger partial charge in [-0.2, -0.15) is 4.39 Å². The number of halogens is 3. The Balaban J connectivity index is 2.65. The van der Waals surface area contributed by atoms with Crippen molar-refractivity contribution in [2.24, 2.45) is 0 Å². The third-order valence-electron chi connectivity index (χ3n) is 1.63. The van der Waals surface area contributed by atoms with Crippen LogP contribution < -0.4 is 0 Å². The molecule has 0 unspecified atom stereocenters. The Morgan fingerprint density at radius 1 is 1.27 bits per heavy atom. The molecular formula is C9H11F3N2S. The molecule has 6 heteroatoms. The van der Waals surface area contributed by atoms with E-state index in [4.69, 9.17) is 0 Å². The average molecular weight is 236 g/mol. The van der Waals surface area contributed by atoms with Crippen LogP contribution >= 0.6 is 11.8 Å². The second-order valence-electron chi connectivity index (χ2n) is 3.20. The Labute approximate surface area is 90.5 Å². The fourth-order valence-corrected chi connectivity index (χ4v) is 1.85. The molecule has 0 aliphatic heterocycles. The van der Waals surface area contributed by atoms with Crippen LogP contribution in [0.25, 0.3) is 0 Å². The minimum atomic E-state index is -1.26. The van der Waals surface area contributed by atoms with Crippen LogP contribution in [0.2, 0.25) is 0 Å². The van der Waals surface area contributed by atoms with Crippen molar-refractivity contribution in [3.05, 3.63) is 23.6 Å². The van der Waals surface area contributed by atoms with Crippen LogP contribution in [-0.4, -0.2) is 36.3 Å². The fourth-order valence-electron chi connectivity index (χ4n) is 0.855. The van der Waals surface area contributed by atoms with Crippen molar-refractivity contribution in [1.82, 2.24) is 9.88 Å². The summed E-state index contributed by atoms with van der Waals surface area (Å²) in [6.07, 6.45) is 0. The number of hydrogen-bond acceptors (Lipinski definition) is 3. The predicted molar refractivity (Wildman–Crippen MR) is 53.4 cm³/mol. The molecule has 0 radical (unpaired) electrons. The maximum Gasteiger partial charge on any atom is 0.250 e. The zero-order valence-electron chi connectivity index (χ0n) is 8.43. The van der Waals surface area contributed by atoms with Gasteiger partial charge in [-0.05, 0) is 14.1 Å². The summed E-state index contributed by atoms with van der Waals surface area (Å²) < 4.78 is 38.2. The van der Waals surface area contributed by atoms with E-state index in [1.54, 1.807) is 0 Å². The maximum atomic E-state index is 13.1. The van der Waals surface area contributed by atoms with E-state index in [0.717, 1.165) is 11.8 Å². The van der Waals surface area contributed by atoms with Gasteiger partial charge in [0.15, 0.2) is 11.6 Å². The minimum Gasteiger partial charge on any atom is -0.309 e. The molecule has 1 heterocycles. The quantitative estimate of drug-likeness (QED) is 0.588. The van der Waals surface area contributed by atoms with E-state index in [1.807, 2.05) is 19.0 Å². The summed E-state index contributed by atoms with van der Waals surface area (Å²) >= 11 is 1.06. The summed E-state index contributed by atoms with van der Waals surface area (Å²) in [5, 5.41) is -0.101. The van der Waals surface area contributed by atoms with Gasteiger partial charge in [0.1, 0.15) is 5.03 Å². The molecule has 15 heavy (non-hydrogen) atoms. The number of pyridine rings is 1. The van der Waals surface area contributed by atoms with Gasteiger partial charge in [0, 0.05) is 18.4 Å². The van der Waals surface area contributed by atoms with Crippen molar-refractivity contribution < 1.29 is 13.2 Å². The molecule has 1 aromatic heterocycles. The van der Waals surface area contributed by atoms with Crippen LogP contribution in [0.3, 0.4) is 0 Å². The molecule has 0 saturated carbocycles. The molecule has 0 spiro atoms. The van der Waals surface area contributed by atoms with Gasteiger partial charge >= 0.3 is 0 Å². The molecule has 1 aromatic rings. The topological polar surface area (TPSA) is 16.1 Å². The number of thioether (sulfide) groups is 1. The van der Waals surface area contributed by atoms with Gasteiger partial charge < -0.3 is 4.90 Å². The van der Waals surface area contributed by atoms with E-state index in [-0.39, 0.29) is 5.03 Å². The first kappa shape index (κ1) is 12.3. The Hall–Kier alpha value is -0.750. The van der Waals surface area contributed by atoms with Crippen molar-refractivity contribution in [1.29, 1.82) is 0 Å². The molecule has 0 N–H and O–H groups in total. The highest BCUT2D eigenvalue weighted by atomic mass is 32.2. The third kappa shape index (κ3) is 3.71. The van der Waals surface area contributed by atoms with E-state index in [1.165, 1.54) is 0 Å². The summed E-state index contributed by atoms with van der Waals surface area (Å²) in [6, 6.07) is 0.514. The number of aromatic nitrogens is 1. The number of rotatable bonds is 4. The molecule has 0 atom stereocenters. The van der Waals surface area contributed by atoms with E-state index in [9.17, 15) is 13.2 Å². The standard InChI is InChI=1S/C9H11F3N2S/c1-14(2)3-4-15-9-7(11)5-6(10)8(12)13-9/h5H,3-4H2,1-2H3. The summed E-state index contributed by atoms with van der Waals surface area (Å²) in [5.41, 5.74) is 0. The van der Waals surface area contributed by atoms with E-state index in [2.05, 4.69) is 4.98 Å². The monoisotopic (exact) mass is 236 g/mol. The SMILES string of the molecule is CN(C)CCSc1nc(F)c(F)cc1F. The van der Waals surface area contributed by atoms with Crippen molar-refractivity contribution in [2.45, 2.75) is 5.03 Å². The summed E-state index contributed by atoms with van der Waals surface area (Å²) in [6.45, 7) is 0.713. The summed E-state index contributed by atoms with van der Waals surface area (Å²) in [4.78, 5) is 5.10. The molecule has 2 nitrogen and oxygen atoms in total. The molecule has 0 fully saturated rings. The average Bonchev–Trinajstić information content (AvgIpc) is 2.13. The van der Waals surface area contributed by atoms with Gasteiger partial charge in [-0.25, -0.2) is 13.8 Å². The van der Waals surface area contributed by atoms with Crippen molar-refractivity contribution >= 4 is 11.8 Å². The van der Waals surface area contributed by atoms with Gasteiger partial charge in [0.25, 0.3) is 0 Å². The second kappa shape index (κ2) is 5.37. The highest BCUT2D eigenvalue weighted by Gasteiger charge is 2.11. The van der Waals surface area contributed by atoms with E-state index in [0.29, 0.717) is 18.4 Å². The number of nitrogens with zero attached hydrogens (tertiary/aromatic N) is 2. The Morgan fingerprint density at radius 2 is 1.93 bits per heavy atom. The van der Waals surface area contributed by atoms with Crippen LogP contribution in [-0.2, 0) is 0 Å². The zero-order chi connectivity index (χ0) is 11.4. The molecule has 0 amide bonds. The third-order valence-corrected chi connectivity index (χ3v) is 2.58. The molecule has 0 saturated heterocycles. The Morgan fingerprint density at radius 3 is 2.53 bits per heavy atom. The fraction of sp³-hybridized carbons (Fsp3) is 0.444. The molecule has 0 aromatic carbocycles. The second-order valence-corrected chi connectivity index (χ2v) is 4.28. The van der Waals surface area contributed by atoms with Gasteiger partial charge in [-0.15, -0.1) is 11.8 Å². The van der Waals surface area contributed by atoms with Crippen LogP contribution in [0.5, 0.6) is 0 Å². The van der Waals surface area contributed by atoms with E-state index < -0.39 is 17.6 Å². The lowest BCUT2D eigenvalue weighted by atomic mass is 10.4. The molecule has 84 valence electrons. The molecule has 1 rings (SSSR count). The first-order chi connectivity index (χ1) is 7.00. The first-order valence-corrected chi connectivity index (χ1v) is 5.28. The van der Waals surface area contributed by atoms with Crippen LogP contribution in [0.1, 0.15) is 0 Å². The lowest BCUT2D eigenvalue weighted by Crippen LogP contribution is -2.15. The normalized spacial score (nSPS) is 11.1. The predicted octanol–water partition coefficient (Wildman–Crippen LogP) is 2.15. The van der Waals surface area contributed by atoms with Gasteiger partial charge in [-0.3, -0.25) is 0 Å². The maximum absolute atomic E-state index is 13.1. The molecular weight excluding hydrogens is 225 g/mol. The summed E-state index contributed by atoms with van der Waals surface area (Å²) in [7, 11) is 3.74. The van der Waals surface area contributed by atoms with Crippen LogP contribution in [0, 0.1) is 17.6 Å². The minimum absolute atomic E-state index is 0.101. The summed E-state index contributed by atoms with van der Waals surface area (Å²) in [5.74, 6) is -2.77. The molecule has 0 aliphatic carbocycles. The highest BCUT2D eigenvalue weighted by Crippen LogP contribution is 2.20. The van der Waals surface area contributed by atoms with Crippen molar-refractivity contribution in [3.8, 4) is 0 Å². The zero-order valence-corrected chi connectivity index (χ0v) is 9.24. The van der Waals surface area contributed by atoms with Gasteiger partial charge in [-0.1, -0.05) is 0 Å². The van der Waals surface area contributed by atoms with Gasteiger partial charge in [0.2, 0.25) is 5.95 Å². The van der Waals surface area contributed by atoms with E-state index >= 15 is 0 Å². The highest BCUT2D eigenvalue weighted by molar-refractivity contribution is 7.99. The van der Waals surface area contributed by atoms with Crippen molar-refractivity contribution in [2.75, 3.05) is 26.4 Å². The Kier molecular flexibility index (Phi) is 4.41. The lowest BCUT2D eigenvalue weighted by molar-refractivity contribution is 0.435. The lowest BCUT2D eigenvalue weighted by Gasteiger charge is -2.08. The first-order valence-electron chi connectivity index (χ1n) is 4.29. The Bertz CT molecular complexity index is 344. The number of hydrogen-bond donors (Lipinski definition) is 0. The molecule has 0 bridgehead atoms. The molecule has 0 aliphatic rings. The largest absolute Gasteiger partial charge is 0.309 e.